The molecule has 1 fully saturated rings. The molecule has 7 nitrogen and oxygen atoms in total. The summed E-state index contributed by atoms with van der Waals surface area (Å²) in [7, 11) is 0. The lowest BCUT2D eigenvalue weighted by Crippen LogP contribution is -2.45. The van der Waals surface area contributed by atoms with Crippen LogP contribution in [0.4, 0.5) is 0 Å². The molecule has 100 valence electrons. The molecule has 0 aromatic heterocycles. The van der Waals surface area contributed by atoms with E-state index >= 15 is 0 Å². The van der Waals surface area contributed by atoms with Gasteiger partial charge in [0.2, 0.25) is 5.91 Å². The maximum absolute atomic E-state index is 12.0. The molecule has 1 saturated heterocycles. The van der Waals surface area contributed by atoms with Crippen LogP contribution in [-0.4, -0.2) is 41.9 Å². The topological polar surface area (TPSA) is 135 Å². The number of hydrogen-bond donors (Lipinski definition) is 3. The number of carbonyl (C=O) groups is 1. The van der Waals surface area contributed by atoms with Crippen LogP contribution in [-0.2, 0) is 4.79 Å². The summed E-state index contributed by atoms with van der Waals surface area (Å²) in [5.74, 6) is -0.109. The summed E-state index contributed by atoms with van der Waals surface area (Å²) in [6.45, 7) is 1.09. The van der Waals surface area contributed by atoms with Gasteiger partial charge in [0, 0.05) is 13.1 Å². The Bertz CT molecular complexity index is 357. The van der Waals surface area contributed by atoms with Crippen molar-refractivity contribution in [3.8, 4) is 6.07 Å². The highest BCUT2D eigenvalue weighted by atomic mass is 16.2. The molecule has 1 rings (SSSR count). The fourth-order valence-corrected chi connectivity index (χ4v) is 2.02. The molecule has 1 unspecified atom stereocenters. The van der Waals surface area contributed by atoms with Crippen molar-refractivity contribution in [2.24, 2.45) is 22.2 Å². The first-order valence-electron chi connectivity index (χ1n) is 6.07. The molecular formula is C11H20N6O. The first kappa shape index (κ1) is 14.3. The molecular weight excluding hydrogens is 232 g/mol. The van der Waals surface area contributed by atoms with Gasteiger partial charge in [-0.25, -0.2) is 0 Å². The molecule has 0 aromatic rings. The zero-order valence-electron chi connectivity index (χ0n) is 10.4. The molecule has 1 aliphatic heterocycles. The van der Waals surface area contributed by atoms with Gasteiger partial charge in [-0.3, -0.25) is 9.79 Å². The van der Waals surface area contributed by atoms with Gasteiger partial charge in [-0.15, -0.1) is 0 Å². The molecule has 2 atom stereocenters. The van der Waals surface area contributed by atoms with E-state index in [4.69, 9.17) is 22.5 Å². The maximum atomic E-state index is 12.0. The van der Waals surface area contributed by atoms with Crippen LogP contribution >= 0.6 is 0 Å². The Morgan fingerprint density at radius 3 is 2.89 bits per heavy atom. The van der Waals surface area contributed by atoms with Crippen LogP contribution in [0.3, 0.4) is 0 Å². The van der Waals surface area contributed by atoms with Crippen LogP contribution in [0.25, 0.3) is 0 Å². The average Bonchev–Trinajstić information content (AvgIpc) is 2.81. The molecule has 0 aromatic carbocycles. The zero-order chi connectivity index (χ0) is 13.5. The number of rotatable bonds is 5. The summed E-state index contributed by atoms with van der Waals surface area (Å²) in [6.07, 6.45) is 2.77. The van der Waals surface area contributed by atoms with Crippen LogP contribution in [0.15, 0.2) is 4.99 Å². The lowest BCUT2D eigenvalue weighted by Gasteiger charge is -2.23. The second kappa shape index (κ2) is 6.81. The highest BCUT2D eigenvalue weighted by molar-refractivity contribution is 5.82. The van der Waals surface area contributed by atoms with Crippen LogP contribution in [0, 0.1) is 11.3 Å². The number of carbonyl (C=O) groups excluding carboxylic acids is 1. The Labute approximate surface area is 107 Å². The summed E-state index contributed by atoms with van der Waals surface area (Å²) < 4.78 is 0. The van der Waals surface area contributed by atoms with Crippen molar-refractivity contribution in [2.75, 3.05) is 13.1 Å². The molecule has 0 saturated carbocycles. The number of amides is 1. The highest BCUT2D eigenvalue weighted by Gasteiger charge is 2.31. The first-order chi connectivity index (χ1) is 8.56. The van der Waals surface area contributed by atoms with Crippen LogP contribution in [0.2, 0.25) is 0 Å². The second-order valence-electron chi connectivity index (χ2n) is 4.37. The monoisotopic (exact) mass is 252 g/mol. The minimum atomic E-state index is -0.576. The Morgan fingerprint density at radius 2 is 2.28 bits per heavy atom. The zero-order valence-corrected chi connectivity index (χ0v) is 10.4. The van der Waals surface area contributed by atoms with Gasteiger partial charge in [0.1, 0.15) is 6.04 Å². The highest BCUT2D eigenvalue weighted by Crippen LogP contribution is 2.17. The van der Waals surface area contributed by atoms with Crippen molar-refractivity contribution in [1.29, 1.82) is 5.26 Å². The lowest BCUT2D eigenvalue weighted by molar-refractivity contribution is -0.132. The Morgan fingerprint density at radius 1 is 1.56 bits per heavy atom. The summed E-state index contributed by atoms with van der Waals surface area (Å²) >= 11 is 0. The summed E-state index contributed by atoms with van der Waals surface area (Å²) in [4.78, 5) is 17.4. The third-order valence-corrected chi connectivity index (χ3v) is 2.97. The third kappa shape index (κ3) is 3.89. The Balaban J connectivity index is 2.37. The average molecular weight is 252 g/mol. The second-order valence-corrected chi connectivity index (χ2v) is 4.37. The van der Waals surface area contributed by atoms with Crippen LogP contribution in [0.1, 0.15) is 25.7 Å². The van der Waals surface area contributed by atoms with Crippen molar-refractivity contribution in [3.63, 3.8) is 0 Å². The van der Waals surface area contributed by atoms with E-state index in [0.717, 1.165) is 12.8 Å². The van der Waals surface area contributed by atoms with Crippen molar-refractivity contribution in [1.82, 2.24) is 4.90 Å². The van der Waals surface area contributed by atoms with Crippen molar-refractivity contribution < 1.29 is 4.79 Å². The van der Waals surface area contributed by atoms with Gasteiger partial charge in [0.25, 0.3) is 0 Å². The van der Waals surface area contributed by atoms with E-state index in [0.29, 0.717) is 25.9 Å². The van der Waals surface area contributed by atoms with Crippen molar-refractivity contribution >= 4 is 11.9 Å². The first-order valence-corrected chi connectivity index (χ1v) is 6.07. The number of likely N-dealkylation sites (tertiary alicyclic amines) is 1. The van der Waals surface area contributed by atoms with Gasteiger partial charge in [0.15, 0.2) is 5.96 Å². The minimum Gasteiger partial charge on any atom is -0.370 e. The maximum Gasteiger partial charge on any atom is 0.240 e. The van der Waals surface area contributed by atoms with Gasteiger partial charge >= 0.3 is 0 Å². The van der Waals surface area contributed by atoms with Crippen LogP contribution in [0.5, 0.6) is 0 Å². The molecule has 0 bridgehead atoms. The normalized spacial score (nSPS) is 20.2. The quantitative estimate of drug-likeness (QED) is 0.323. The molecule has 0 spiro atoms. The molecule has 0 aliphatic carbocycles. The Hall–Kier alpha value is -1.81. The van der Waals surface area contributed by atoms with E-state index in [-0.39, 0.29) is 17.9 Å². The SMILES string of the molecule is N#CC1CCCN1C(=O)[C@@H](N)CCCN=C(N)N. The molecule has 6 N–H and O–H groups in total. The summed E-state index contributed by atoms with van der Waals surface area (Å²) in [6, 6.07) is 1.23. The molecule has 18 heavy (non-hydrogen) atoms. The number of nitrogens with two attached hydrogens (primary N) is 3. The number of guanidine groups is 1. The van der Waals surface area contributed by atoms with Gasteiger partial charge < -0.3 is 22.1 Å². The predicted molar refractivity (Wildman–Crippen MR) is 68.2 cm³/mol. The van der Waals surface area contributed by atoms with Gasteiger partial charge in [-0.2, -0.15) is 5.26 Å². The fraction of sp³-hybridized carbons (Fsp3) is 0.727. The third-order valence-electron chi connectivity index (χ3n) is 2.97. The smallest absolute Gasteiger partial charge is 0.240 e. The van der Waals surface area contributed by atoms with E-state index < -0.39 is 6.04 Å². The van der Waals surface area contributed by atoms with E-state index in [1.807, 2.05) is 0 Å². The summed E-state index contributed by atoms with van der Waals surface area (Å²) in [5, 5.41) is 8.91. The van der Waals surface area contributed by atoms with Gasteiger partial charge in [-0.1, -0.05) is 0 Å². The lowest BCUT2D eigenvalue weighted by atomic mass is 10.1. The minimum absolute atomic E-state index is 0.0407. The standard InChI is InChI=1S/C11H20N6O/c12-7-8-3-2-6-17(8)10(18)9(13)4-1-5-16-11(14)15/h8-9H,1-6,13H2,(H4,14,15,16)/t8?,9-/m0/s1. The van der Waals surface area contributed by atoms with E-state index in [1.165, 1.54) is 0 Å². The summed E-state index contributed by atoms with van der Waals surface area (Å²) in [5.41, 5.74) is 16.2. The molecule has 7 heteroatoms. The van der Waals surface area contributed by atoms with Crippen molar-refractivity contribution in [2.45, 2.75) is 37.8 Å². The van der Waals surface area contributed by atoms with E-state index in [1.54, 1.807) is 4.90 Å². The number of nitriles is 1. The van der Waals surface area contributed by atoms with E-state index in [2.05, 4.69) is 11.1 Å². The molecule has 1 amide bonds. The predicted octanol–water partition coefficient (Wildman–Crippen LogP) is -1.12. The molecule has 1 aliphatic rings. The molecule has 0 radical (unpaired) electrons. The van der Waals surface area contributed by atoms with Crippen molar-refractivity contribution in [3.05, 3.63) is 0 Å². The fourth-order valence-electron chi connectivity index (χ4n) is 2.02. The van der Waals surface area contributed by atoms with Gasteiger partial charge in [-0.05, 0) is 25.7 Å². The number of nitrogens with zero attached hydrogens (tertiary/aromatic N) is 3. The van der Waals surface area contributed by atoms with Gasteiger partial charge in [0.05, 0.1) is 12.1 Å². The van der Waals surface area contributed by atoms with E-state index in [9.17, 15) is 4.79 Å². The molecule has 1 heterocycles. The number of hydrogen-bond acceptors (Lipinski definition) is 4. The number of aliphatic imine (C=N–C) groups is 1. The van der Waals surface area contributed by atoms with Crippen LogP contribution < -0.4 is 17.2 Å². The Kier molecular flexibility index (Phi) is 5.39. The largest absolute Gasteiger partial charge is 0.370 e.